The summed E-state index contributed by atoms with van der Waals surface area (Å²) in [6.07, 6.45) is 5.36. The van der Waals surface area contributed by atoms with E-state index in [-0.39, 0.29) is 0 Å². The Morgan fingerprint density at radius 1 is 1.13 bits per heavy atom. The minimum Gasteiger partial charge on any atom is -0.360 e. The molecule has 0 aromatic heterocycles. The molecule has 4 heteroatoms. The van der Waals surface area contributed by atoms with Gasteiger partial charge >= 0.3 is 0 Å². The molecule has 0 amide bonds. The van der Waals surface area contributed by atoms with Crippen molar-refractivity contribution in [3.8, 4) is 0 Å². The fourth-order valence-corrected chi connectivity index (χ4v) is 3.00. The van der Waals surface area contributed by atoms with E-state index < -0.39 is 0 Å². The summed E-state index contributed by atoms with van der Waals surface area (Å²) in [6, 6.07) is 1.47. The quantitative estimate of drug-likeness (QED) is 0.665. The summed E-state index contributed by atoms with van der Waals surface area (Å²) in [5.41, 5.74) is 0. The van der Waals surface area contributed by atoms with Crippen molar-refractivity contribution in [2.45, 2.75) is 37.8 Å². The second kappa shape index (κ2) is 3.91. The molecule has 0 aromatic rings. The molecule has 1 N–H and O–H groups in total. The van der Waals surface area contributed by atoms with Gasteiger partial charge in [-0.25, -0.2) is 0 Å². The molecule has 2 saturated heterocycles. The van der Waals surface area contributed by atoms with Crippen LogP contribution in [0.15, 0.2) is 0 Å². The highest BCUT2D eigenvalue weighted by molar-refractivity contribution is 7.80. The molecule has 3 fully saturated rings. The predicted octanol–water partition coefficient (Wildman–Crippen LogP) is 0.803. The average Bonchev–Trinajstić information content (AvgIpc) is 2.94. The van der Waals surface area contributed by atoms with E-state index in [2.05, 4.69) is 15.1 Å². The number of nitrogens with zero attached hydrogens (tertiary/aromatic N) is 2. The van der Waals surface area contributed by atoms with Gasteiger partial charge in [-0.2, -0.15) is 0 Å². The number of piperazine rings is 1. The Bertz CT molecular complexity index is 265. The third-order valence-electron chi connectivity index (χ3n) is 3.78. The van der Waals surface area contributed by atoms with Crippen LogP contribution in [-0.2, 0) is 0 Å². The number of fused-ring (bicyclic) bond motifs is 1. The summed E-state index contributed by atoms with van der Waals surface area (Å²) >= 11 is 5.45. The molecule has 3 nitrogen and oxygen atoms in total. The minimum atomic E-state index is 0.694. The van der Waals surface area contributed by atoms with Crippen LogP contribution in [0.2, 0.25) is 0 Å². The van der Waals surface area contributed by atoms with Gasteiger partial charge in [0.25, 0.3) is 0 Å². The van der Waals surface area contributed by atoms with Crippen LogP contribution in [0.3, 0.4) is 0 Å². The van der Waals surface area contributed by atoms with Crippen LogP contribution in [0, 0.1) is 0 Å². The Hall–Kier alpha value is -0.350. The van der Waals surface area contributed by atoms with Crippen molar-refractivity contribution in [1.29, 1.82) is 0 Å². The summed E-state index contributed by atoms with van der Waals surface area (Å²) in [4.78, 5) is 5.00. The van der Waals surface area contributed by atoms with E-state index >= 15 is 0 Å². The topological polar surface area (TPSA) is 18.5 Å². The molecule has 0 bridgehead atoms. The number of thiocarbonyl (C=S) groups is 1. The Morgan fingerprint density at radius 3 is 2.80 bits per heavy atom. The molecule has 1 unspecified atom stereocenters. The molecule has 0 spiro atoms. The zero-order chi connectivity index (χ0) is 10.3. The first-order valence-electron chi connectivity index (χ1n) is 6.12. The average molecular weight is 225 g/mol. The second-order valence-corrected chi connectivity index (χ2v) is 5.39. The summed E-state index contributed by atoms with van der Waals surface area (Å²) in [5.74, 6) is 0. The van der Waals surface area contributed by atoms with Crippen LogP contribution in [0.4, 0.5) is 0 Å². The lowest BCUT2D eigenvalue weighted by molar-refractivity contribution is 0.151. The van der Waals surface area contributed by atoms with Crippen molar-refractivity contribution >= 4 is 17.3 Å². The zero-order valence-electron chi connectivity index (χ0n) is 9.11. The maximum atomic E-state index is 5.45. The lowest BCUT2D eigenvalue weighted by Gasteiger charge is -2.38. The molecule has 1 aliphatic carbocycles. The van der Waals surface area contributed by atoms with Crippen LogP contribution in [-0.4, -0.2) is 53.2 Å². The molecule has 3 aliphatic rings. The highest BCUT2D eigenvalue weighted by atomic mass is 32.1. The number of nitrogens with one attached hydrogen (secondary N) is 1. The minimum absolute atomic E-state index is 0.694. The lowest BCUT2D eigenvalue weighted by atomic mass is 10.2. The largest absolute Gasteiger partial charge is 0.360 e. The standard InChI is InChI=1S/C11H19N3S/c15-11(12-9-3-4-9)14-7-6-13-5-1-2-10(13)8-14/h9-10H,1-8H2,(H,12,15). The summed E-state index contributed by atoms with van der Waals surface area (Å²) < 4.78 is 0. The van der Waals surface area contributed by atoms with Crippen LogP contribution in [0.5, 0.6) is 0 Å². The fourth-order valence-electron chi connectivity index (χ4n) is 2.67. The monoisotopic (exact) mass is 225 g/mol. The van der Waals surface area contributed by atoms with Gasteiger partial charge in [0, 0.05) is 31.7 Å². The van der Waals surface area contributed by atoms with Gasteiger partial charge in [0.15, 0.2) is 5.11 Å². The van der Waals surface area contributed by atoms with Crippen molar-refractivity contribution in [1.82, 2.24) is 15.1 Å². The molecule has 0 radical (unpaired) electrons. The lowest BCUT2D eigenvalue weighted by Crippen LogP contribution is -2.54. The van der Waals surface area contributed by atoms with Crippen LogP contribution in [0.25, 0.3) is 0 Å². The molecule has 0 aromatic carbocycles. The first-order valence-corrected chi connectivity index (χ1v) is 6.53. The van der Waals surface area contributed by atoms with Gasteiger partial charge < -0.3 is 10.2 Å². The molecule has 1 atom stereocenters. The van der Waals surface area contributed by atoms with Gasteiger partial charge in [-0.15, -0.1) is 0 Å². The van der Waals surface area contributed by atoms with Gasteiger partial charge in [-0.3, -0.25) is 4.90 Å². The highest BCUT2D eigenvalue weighted by Crippen LogP contribution is 2.23. The third kappa shape index (κ3) is 2.11. The molecule has 15 heavy (non-hydrogen) atoms. The van der Waals surface area contributed by atoms with E-state index in [4.69, 9.17) is 12.2 Å². The number of hydrogen-bond donors (Lipinski definition) is 1. The second-order valence-electron chi connectivity index (χ2n) is 5.00. The van der Waals surface area contributed by atoms with E-state index in [0.29, 0.717) is 6.04 Å². The normalized spacial score (nSPS) is 31.5. The van der Waals surface area contributed by atoms with Crippen LogP contribution < -0.4 is 5.32 Å². The summed E-state index contributed by atoms with van der Waals surface area (Å²) in [5, 5.41) is 4.45. The van der Waals surface area contributed by atoms with Gasteiger partial charge in [0.2, 0.25) is 0 Å². The third-order valence-corrected chi connectivity index (χ3v) is 4.16. The van der Waals surface area contributed by atoms with Crippen LogP contribution >= 0.6 is 12.2 Å². The molecule has 84 valence electrons. The molecular formula is C11H19N3S. The van der Waals surface area contributed by atoms with E-state index in [1.807, 2.05) is 0 Å². The number of rotatable bonds is 1. The van der Waals surface area contributed by atoms with Gasteiger partial charge in [-0.1, -0.05) is 0 Å². The Balaban J connectivity index is 1.55. The maximum absolute atomic E-state index is 5.45. The summed E-state index contributed by atoms with van der Waals surface area (Å²) in [7, 11) is 0. The van der Waals surface area contributed by atoms with Crippen molar-refractivity contribution in [3.63, 3.8) is 0 Å². The SMILES string of the molecule is S=C(NC1CC1)N1CCN2CCCC2C1. The predicted molar refractivity (Wildman–Crippen MR) is 64.9 cm³/mol. The van der Waals surface area contributed by atoms with Gasteiger partial charge in [0.1, 0.15) is 0 Å². The molecule has 1 saturated carbocycles. The van der Waals surface area contributed by atoms with Crippen LogP contribution in [0.1, 0.15) is 25.7 Å². The van der Waals surface area contributed by atoms with Crippen molar-refractivity contribution in [2.24, 2.45) is 0 Å². The fraction of sp³-hybridized carbons (Fsp3) is 0.909. The van der Waals surface area contributed by atoms with E-state index in [0.717, 1.165) is 24.2 Å². The van der Waals surface area contributed by atoms with Crippen molar-refractivity contribution in [3.05, 3.63) is 0 Å². The number of hydrogen-bond acceptors (Lipinski definition) is 2. The molecule has 3 rings (SSSR count). The Morgan fingerprint density at radius 2 is 2.00 bits per heavy atom. The first-order chi connectivity index (χ1) is 7.33. The smallest absolute Gasteiger partial charge is 0.169 e. The molecular weight excluding hydrogens is 206 g/mol. The molecule has 2 aliphatic heterocycles. The van der Waals surface area contributed by atoms with E-state index in [1.165, 1.54) is 38.8 Å². The van der Waals surface area contributed by atoms with Gasteiger partial charge in [0.05, 0.1) is 0 Å². The zero-order valence-corrected chi connectivity index (χ0v) is 9.93. The molecule has 2 heterocycles. The first kappa shape index (κ1) is 9.85. The highest BCUT2D eigenvalue weighted by Gasteiger charge is 2.32. The van der Waals surface area contributed by atoms with Gasteiger partial charge in [-0.05, 0) is 44.4 Å². The van der Waals surface area contributed by atoms with E-state index in [1.54, 1.807) is 0 Å². The Labute approximate surface area is 96.8 Å². The van der Waals surface area contributed by atoms with Crippen molar-refractivity contribution in [2.75, 3.05) is 26.2 Å². The van der Waals surface area contributed by atoms with Crippen molar-refractivity contribution < 1.29 is 0 Å². The van der Waals surface area contributed by atoms with E-state index in [9.17, 15) is 0 Å². The summed E-state index contributed by atoms with van der Waals surface area (Å²) in [6.45, 7) is 4.78. The maximum Gasteiger partial charge on any atom is 0.169 e. The Kier molecular flexibility index (Phi) is 2.56.